The first kappa shape index (κ1) is 20.3. The van der Waals surface area contributed by atoms with Crippen LogP contribution in [0.25, 0.3) is 0 Å². The van der Waals surface area contributed by atoms with Crippen molar-refractivity contribution in [3.8, 4) is 6.07 Å². The smallest absolute Gasteiger partial charge is 0.247 e. The molecule has 1 atom stereocenters. The highest BCUT2D eigenvalue weighted by atomic mass is 35.5. The van der Waals surface area contributed by atoms with Gasteiger partial charge in [-0.2, -0.15) is 15.0 Å². The number of likely N-dealkylation sites (N-methyl/N-ethyl adjacent to an activating group) is 1. The second-order valence-corrected chi connectivity index (χ2v) is 8.66. The summed E-state index contributed by atoms with van der Waals surface area (Å²) in [6.07, 6.45) is 1.84. The molecule has 2 aromatic heterocycles. The van der Waals surface area contributed by atoms with Crippen LogP contribution in [0.1, 0.15) is 38.1 Å². The Morgan fingerprint density at radius 1 is 1.33 bits per heavy atom. The average molecular weight is 430 g/mol. The minimum Gasteiger partial charge on any atom is -0.351 e. The lowest BCUT2D eigenvalue weighted by molar-refractivity contribution is -0.118. The number of fused-ring (bicyclic) bond motifs is 1. The van der Waals surface area contributed by atoms with E-state index in [0.717, 1.165) is 24.4 Å². The van der Waals surface area contributed by atoms with Gasteiger partial charge in [-0.15, -0.1) is 10.2 Å². The minimum absolute atomic E-state index is 0.0267. The molecule has 1 fully saturated rings. The third-order valence-electron chi connectivity index (χ3n) is 5.68. The molecule has 10 nitrogen and oxygen atoms in total. The molecule has 3 heterocycles. The van der Waals surface area contributed by atoms with E-state index in [1.54, 1.807) is 0 Å². The van der Waals surface area contributed by atoms with Gasteiger partial charge in [0.2, 0.25) is 17.5 Å². The van der Waals surface area contributed by atoms with Crippen LogP contribution in [0, 0.1) is 30.1 Å². The van der Waals surface area contributed by atoms with Crippen LogP contribution >= 0.6 is 11.6 Å². The molecule has 1 aliphatic carbocycles. The van der Waals surface area contributed by atoms with E-state index in [9.17, 15) is 4.79 Å². The number of hydrogen-bond donors (Lipinski definition) is 2. The van der Waals surface area contributed by atoms with Gasteiger partial charge in [0.15, 0.2) is 11.0 Å². The number of carbonyl (C=O) groups is 1. The van der Waals surface area contributed by atoms with E-state index in [1.807, 2.05) is 38.8 Å². The standard InChI is InChI=1S/C19H24ClN9O/c1-9(2)15-18(30)24-14-10(3)22-19(25-17(14)28(15)4)23-12-5-11(6-12)8-29-26-13(7-21)16(20)27-29/h9,11-12,15H,5-6,8H2,1-4H3,(H,24,30)(H,22,23,25). The van der Waals surface area contributed by atoms with Gasteiger partial charge in [0.25, 0.3) is 0 Å². The van der Waals surface area contributed by atoms with Gasteiger partial charge in [0.05, 0.1) is 12.2 Å². The molecule has 4 rings (SSSR count). The number of nitrogens with zero attached hydrogens (tertiary/aromatic N) is 7. The minimum atomic E-state index is -0.264. The summed E-state index contributed by atoms with van der Waals surface area (Å²) >= 11 is 5.87. The molecule has 1 amide bonds. The van der Waals surface area contributed by atoms with Crippen molar-refractivity contribution in [1.82, 2.24) is 25.0 Å². The summed E-state index contributed by atoms with van der Waals surface area (Å²) in [7, 11) is 1.90. The van der Waals surface area contributed by atoms with Crippen LogP contribution in [-0.4, -0.2) is 50.0 Å². The fourth-order valence-corrected chi connectivity index (χ4v) is 4.34. The van der Waals surface area contributed by atoms with Gasteiger partial charge in [-0.05, 0) is 31.6 Å². The summed E-state index contributed by atoms with van der Waals surface area (Å²) in [5, 5.41) is 23.6. The number of halogens is 1. The van der Waals surface area contributed by atoms with Crippen molar-refractivity contribution in [3.63, 3.8) is 0 Å². The fourth-order valence-electron chi connectivity index (χ4n) is 4.17. The predicted molar refractivity (Wildman–Crippen MR) is 112 cm³/mol. The molecule has 2 N–H and O–H groups in total. The van der Waals surface area contributed by atoms with E-state index in [1.165, 1.54) is 4.80 Å². The summed E-state index contributed by atoms with van der Waals surface area (Å²) < 4.78 is 0. The molecular weight excluding hydrogens is 406 g/mol. The molecule has 0 spiro atoms. The third kappa shape index (κ3) is 3.65. The lowest BCUT2D eigenvalue weighted by Crippen LogP contribution is -2.50. The van der Waals surface area contributed by atoms with E-state index < -0.39 is 0 Å². The van der Waals surface area contributed by atoms with E-state index in [-0.39, 0.29) is 34.8 Å². The number of aromatic nitrogens is 5. The number of nitrogens with one attached hydrogen (secondary N) is 2. The molecule has 30 heavy (non-hydrogen) atoms. The van der Waals surface area contributed by atoms with Crippen molar-refractivity contribution < 1.29 is 4.79 Å². The lowest BCUT2D eigenvalue weighted by Gasteiger charge is -2.38. The maximum atomic E-state index is 12.4. The monoisotopic (exact) mass is 429 g/mol. The molecular formula is C19H24ClN9O. The van der Waals surface area contributed by atoms with Crippen molar-refractivity contribution in [2.75, 3.05) is 22.6 Å². The molecule has 1 aliphatic heterocycles. The van der Waals surface area contributed by atoms with Crippen LogP contribution in [0.5, 0.6) is 0 Å². The Bertz CT molecular complexity index is 1020. The first-order valence-electron chi connectivity index (χ1n) is 9.96. The van der Waals surface area contributed by atoms with Crippen molar-refractivity contribution >= 4 is 35.0 Å². The Morgan fingerprint density at radius 2 is 2.07 bits per heavy atom. The van der Waals surface area contributed by atoms with E-state index >= 15 is 0 Å². The maximum Gasteiger partial charge on any atom is 0.247 e. The number of nitriles is 1. The summed E-state index contributed by atoms with van der Waals surface area (Å²) in [4.78, 5) is 25.1. The third-order valence-corrected chi connectivity index (χ3v) is 5.94. The predicted octanol–water partition coefficient (Wildman–Crippen LogP) is 2.21. The van der Waals surface area contributed by atoms with Gasteiger partial charge in [-0.25, -0.2) is 4.98 Å². The largest absolute Gasteiger partial charge is 0.351 e. The highest BCUT2D eigenvalue weighted by molar-refractivity contribution is 6.30. The number of rotatable bonds is 5. The van der Waals surface area contributed by atoms with Crippen molar-refractivity contribution in [2.45, 2.75) is 52.2 Å². The van der Waals surface area contributed by atoms with E-state index in [2.05, 4.69) is 30.8 Å². The molecule has 0 saturated heterocycles. The van der Waals surface area contributed by atoms with Gasteiger partial charge in [0, 0.05) is 13.1 Å². The second-order valence-electron chi connectivity index (χ2n) is 8.31. The molecule has 0 aromatic carbocycles. The topological polar surface area (TPSA) is 125 Å². The molecule has 1 unspecified atom stereocenters. The van der Waals surface area contributed by atoms with Crippen molar-refractivity contribution in [3.05, 3.63) is 16.5 Å². The van der Waals surface area contributed by atoms with Crippen molar-refractivity contribution in [1.29, 1.82) is 5.26 Å². The van der Waals surface area contributed by atoms with E-state index in [4.69, 9.17) is 16.9 Å². The zero-order valence-corrected chi connectivity index (χ0v) is 18.1. The highest BCUT2D eigenvalue weighted by Gasteiger charge is 2.36. The number of aryl methyl sites for hydroxylation is 1. The van der Waals surface area contributed by atoms with E-state index in [0.29, 0.717) is 24.1 Å². The Balaban J connectivity index is 1.41. The summed E-state index contributed by atoms with van der Waals surface area (Å²) in [6.45, 7) is 6.54. The number of carbonyl (C=O) groups excluding carboxylic acids is 1. The van der Waals surface area contributed by atoms with Gasteiger partial charge in [0.1, 0.15) is 17.8 Å². The molecule has 1 saturated carbocycles. The second kappa shape index (κ2) is 7.72. The summed E-state index contributed by atoms with van der Waals surface area (Å²) in [5.41, 5.74) is 1.56. The molecule has 0 bridgehead atoms. The molecule has 0 radical (unpaired) electrons. The first-order chi connectivity index (χ1) is 14.3. The molecule has 158 valence electrons. The molecule has 2 aliphatic rings. The number of amides is 1. The van der Waals surface area contributed by atoms with Crippen LogP contribution in [-0.2, 0) is 11.3 Å². The van der Waals surface area contributed by atoms with Gasteiger partial charge < -0.3 is 15.5 Å². The quantitative estimate of drug-likeness (QED) is 0.741. The van der Waals surface area contributed by atoms with Crippen LogP contribution in [0.15, 0.2) is 0 Å². The Morgan fingerprint density at radius 3 is 2.70 bits per heavy atom. The SMILES string of the molecule is Cc1nc(NC2CC(Cn3nc(Cl)c(C#N)n3)C2)nc2c1NC(=O)C(C(C)C)N2C. The van der Waals surface area contributed by atoms with Gasteiger partial charge in [-0.1, -0.05) is 25.4 Å². The van der Waals surface area contributed by atoms with Gasteiger partial charge in [-0.3, -0.25) is 4.79 Å². The zero-order valence-electron chi connectivity index (χ0n) is 17.3. The Hall–Kier alpha value is -2.93. The maximum absolute atomic E-state index is 12.4. The zero-order chi connectivity index (χ0) is 21.6. The van der Waals surface area contributed by atoms with Crippen LogP contribution < -0.4 is 15.5 Å². The molecule has 2 aromatic rings. The normalized spacial score (nSPS) is 22.9. The van der Waals surface area contributed by atoms with Crippen LogP contribution in [0.3, 0.4) is 0 Å². The molecule has 11 heteroatoms. The number of anilines is 3. The first-order valence-corrected chi connectivity index (χ1v) is 10.3. The highest BCUT2D eigenvalue weighted by Crippen LogP contribution is 2.36. The Kier molecular flexibility index (Phi) is 5.24. The van der Waals surface area contributed by atoms with Gasteiger partial charge >= 0.3 is 0 Å². The lowest BCUT2D eigenvalue weighted by atomic mass is 9.80. The Labute approximate surface area is 179 Å². The fraction of sp³-hybridized carbons (Fsp3) is 0.579. The number of hydrogen-bond acceptors (Lipinski definition) is 8. The average Bonchev–Trinajstić information content (AvgIpc) is 3.00. The summed E-state index contributed by atoms with van der Waals surface area (Å²) in [6, 6.07) is 1.91. The van der Waals surface area contributed by atoms with Crippen molar-refractivity contribution in [2.24, 2.45) is 11.8 Å². The summed E-state index contributed by atoms with van der Waals surface area (Å²) in [5.74, 6) is 1.82. The van der Waals surface area contributed by atoms with Crippen LogP contribution in [0.4, 0.5) is 17.5 Å². The van der Waals surface area contributed by atoms with Crippen LogP contribution in [0.2, 0.25) is 5.15 Å².